The molecule has 29 heavy (non-hydrogen) atoms. The molecule has 8 nitrogen and oxygen atoms in total. The normalized spacial score (nSPS) is 11.7. The van der Waals surface area contributed by atoms with Crippen molar-refractivity contribution in [2.75, 3.05) is 13.1 Å². The van der Waals surface area contributed by atoms with E-state index in [4.69, 9.17) is 11.5 Å². The average Bonchev–Trinajstić information content (AvgIpc) is 3.07. The van der Waals surface area contributed by atoms with E-state index >= 15 is 0 Å². The quantitative estimate of drug-likeness (QED) is 0.275. The fraction of sp³-hybridized carbons (Fsp3) is 0.381. The van der Waals surface area contributed by atoms with Gasteiger partial charge in [-0.25, -0.2) is 4.98 Å². The molecule has 0 unspecified atom stereocenters. The maximum absolute atomic E-state index is 12.5. The summed E-state index contributed by atoms with van der Waals surface area (Å²) >= 11 is 0. The number of nitrogens with zero attached hydrogens (tertiary/aromatic N) is 3. The molecule has 8 heteroatoms. The molecule has 0 aliphatic heterocycles. The molecule has 0 aliphatic rings. The summed E-state index contributed by atoms with van der Waals surface area (Å²) in [6, 6.07) is 7.98. The number of nitrogens with two attached hydrogens (primary N) is 2. The van der Waals surface area contributed by atoms with Crippen LogP contribution in [0, 0.1) is 0 Å². The zero-order valence-electron chi connectivity index (χ0n) is 17.2. The summed E-state index contributed by atoms with van der Waals surface area (Å²) in [7, 11) is 0. The number of hydrogen-bond donors (Lipinski definition) is 4. The highest BCUT2D eigenvalue weighted by Gasteiger charge is 2.18. The van der Waals surface area contributed by atoms with Crippen LogP contribution >= 0.6 is 0 Å². The molecular weight excluding hydrogens is 366 g/mol. The van der Waals surface area contributed by atoms with Gasteiger partial charge in [-0.1, -0.05) is 45.0 Å². The lowest BCUT2D eigenvalue weighted by molar-refractivity contribution is 0.573. The third kappa shape index (κ3) is 5.23. The Morgan fingerprint density at radius 3 is 2.59 bits per heavy atom. The molecule has 1 aromatic carbocycles. The minimum Gasteiger partial charge on any atom is -0.370 e. The fourth-order valence-electron chi connectivity index (χ4n) is 2.97. The number of hydrogen-bond acceptors (Lipinski definition) is 4. The summed E-state index contributed by atoms with van der Waals surface area (Å²) in [6.07, 6.45) is 4.68. The first-order chi connectivity index (χ1) is 13.7. The van der Waals surface area contributed by atoms with Crippen molar-refractivity contribution >= 4 is 11.7 Å². The Morgan fingerprint density at radius 2 is 1.93 bits per heavy atom. The van der Waals surface area contributed by atoms with Gasteiger partial charge in [0.15, 0.2) is 5.96 Å². The van der Waals surface area contributed by atoms with Gasteiger partial charge in [0, 0.05) is 30.9 Å². The Morgan fingerprint density at radius 1 is 1.21 bits per heavy atom. The first-order valence-corrected chi connectivity index (χ1v) is 9.72. The predicted molar refractivity (Wildman–Crippen MR) is 117 cm³/mol. The maximum atomic E-state index is 12.5. The van der Waals surface area contributed by atoms with Crippen LogP contribution in [0.1, 0.15) is 38.4 Å². The topological polar surface area (TPSA) is 127 Å². The van der Waals surface area contributed by atoms with Crippen LogP contribution in [0.2, 0.25) is 0 Å². The van der Waals surface area contributed by atoms with Gasteiger partial charge in [-0.05, 0) is 24.1 Å². The predicted octanol–water partition coefficient (Wildman–Crippen LogP) is 1.74. The van der Waals surface area contributed by atoms with Crippen molar-refractivity contribution in [3.05, 3.63) is 58.3 Å². The Hall–Kier alpha value is -3.13. The molecule has 0 fully saturated rings. The van der Waals surface area contributed by atoms with Gasteiger partial charge in [-0.2, -0.15) is 0 Å². The van der Waals surface area contributed by atoms with Crippen LogP contribution in [0.3, 0.4) is 0 Å². The Bertz CT molecular complexity index is 1050. The van der Waals surface area contributed by atoms with Crippen LogP contribution in [0.25, 0.3) is 16.9 Å². The largest absolute Gasteiger partial charge is 0.370 e. The van der Waals surface area contributed by atoms with Crippen molar-refractivity contribution in [2.24, 2.45) is 16.5 Å². The standard InChI is InChI=1S/C21H29N7O/c1-21(2,3)17-13-28-12-16(18(29)27-20(28)26-17)15-7-5-14(6-8-15)11-24-9-4-10-25-19(22)23/h5-8,12-13,24H,4,9-11H2,1-3H3,(H4,22,23,25)(H,26,27,29). The zero-order chi connectivity index (χ0) is 21.0. The molecule has 0 saturated heterocycles. The molecule has 2 aromatic heterocycles. The first kappa shape index (κ1) is 20.6. The second-order valence-corrected chi connectivity index (χ2v) is 8.14. The van der Waals surface area contributed by atoms with E-state index in [2.05, 4.69) is 41.0 Å². The third-order valence-electron chi connectivity index (χ3n) is 4.64. The van der Waals surface area contributed by atoms with Crippen LogP contribution in [0.5, 0.6) is 0 Å². The van der Waals surface area contributed by atoms with Crippen molar-refractivity contribution in [3.8, 4) is 11.1 Å². The molecule has 0 radical (unpaired) electrons. The van der Waals surface area contributed by atoms with E-state index in [1.807, 2.05) is 41.1 Å². The minimum atomic E-state index is -0.144. The van der Waals surface area contributed by atoms with Gasteiger partial charge in [-0.3, -0.25) is 19.2 Å². The fourth-order valence-corrected chi connectivity index (χ4v) is 2.97. The van der Waals surface area contributed by atoms with Gasteiger partial charge >= 0.3 is 0 Å². The maximum Gasteiger partial charge on any atom is 0.260 e. The molecule has 0 saturated carbocycles. The molecule has 0 atom stereocenters. The van der Waals surface area contributed by atoms with Crippen molar-refractivity contribution in [2.45, 2.75) is 39.2 Å². The molecule has 0 amide bonds. The average molecular weight is 396 g/mol. The van der Waals surface area contributed by atoms with E-state index in [1.54, 1.807) is 0 Å². The summed E-state index contributed by atoms with van der Waals surface area (Å²) in [5, 5.41) is 3.36. The smallest absolute Gasteiger partial charge is 0.260 e. The molecule has 2 heterocycles. The number of H-pyrrole nitrogens is 1. The van der Waals surface area contributed by atoms with Gasteiger partial charge in [-0.15, -0.1) is 0 Å². The van der Waals surface area contributed by atoms with Crippen molar-refractivity contribution < 1.29 is 0 Å². The second-order valence-electron chi connectivity index (χ2n) is 8.14. The lowest BCUT2D eigenvalue weighted by Crippen LogP contribution is -2.23. The Balaban J connectivity index is 1.69. The van der Waals surface area contributed by atoms with Crippen LogP contribution in [0.15, 0.2) is 46.4 Å². The number of aromatic amines is 1. The number of imidazole rings is 1. The Labute approximate surface area is 170 Å². The SMILES string of the molecule is CC(C)(C)c1cn2cc(-c3ccc(CNCCCN=C(N)N)cc3)c(=O)[nH]c2n1. The highest BCUT2D eigenvalue weighted by atomic mass is 16.1. The minimum absolute atomic E-state index is 0.0823. The summed E-state index contributed by atoms with van der Waals surface area (Å²) in [4.78, 5) is 23.9. The van der Waals surface area contributed by atoms with Crippen molar-refractivity contribution in [1.82, 2.24) is 19.7 Å². The first-order valence-electron chi connectivity index (χ1n) is 9.72. The van der Waals surface area contributed by atoms with Crippen LogP contribution in [0.4, 0.5) is 0 Å². The molecule has 3 aromatic rings. The molecule has 0 spiro atoms. The molecule has 6 N–H and O–H groups in total. The lowest BCUT2D eigenvalue weighted by atomic mass is 9.93. The lowest BCUT2D eigenvalue weighted by Gasteiger charge is -2.13. The summed E-state index contributed by atoms with van der Waals surface area (Å²) in [5.41, 5.74) is 13.9. The van der Waals surface area contributed by atoms with Crippen molar-refractivity contribution in [1.29, 1.82) is 0 Å². The van der Waals surface area contributed by atoms with Gasteiger partial charge < -0.3 is 16.8 Å². The molecule has 3 rings (SSSR count). The number of benzene rings is 1. The van der Waals surface area contributed by atoms with E-state index < -0.39 is 0 Å². The van der Waals surface area contributed by atoms with Gasteiger partial charge in [0.2, 0.25) is 5.78 Å². The monoisotopic (exact) mass is 395 g/mol. The van der Waals surface area contributed by atoms with E-state index in [0.29, 0.717) is 17.9 Å². The second kappa shape index (κ2) is 8.48. The van der Waals surface area contributed by atoms with Crippen LogP contribution < -0.4 is 22.3 Å². The number of nitrogens with one attached hydrogen (secondary N) is 2. The van der Waals surface area contributed by atoms with Crippen LogP contribution in [-0.4, -0.2) is 33.4 Å². The van der Waals surface area contributed by atoms with E-state index in [1.165, 1.54) is 0 Å². The number of aromatic nitrogens is 3. The van der Waals surface area contributed by atoms with Gasteiger partial charge in [0.1, 0.15) is 0 Å². The zero-order valence-corrected chi connectivity index (χ0v) is 17.2. The highest BCUT2D eigenvalue weighted by Crippen LogP contribution is 2.22. The third-order valence-corrected chi connectivity index (χ3v) is 4.64. The number of rotatable bonds is 7. The molecule has 0 aliphatic carbocycles. The Kier molecular flexibility index (Phi) is 6.03. The molecule has 0 bridgehead atoms. The van der Waals surface area contributed by atoms with E-state index in [-0.39, 0.29) is 16.9 Å². The van der Waals surface area contributed by atoms with Crippen molar-refractivity contribution in [3.63, 3.8) is 0 Å². The molecule has 154 valence electrons. The van der Waals surface area contributed by atoms with Crippen LogP contribution in [-0.2, 0) is 12.0 Å². The highest BCUT2D eigenvalue weighted by molar-refractivity contribution is 5.75. The number of guanidine groups is 1. The summed E-state index contributed by atoms with van der Waals surface area (Å²) < 4.78 is 1.88. The van der Waals surface area contributed by atoms with Gasteiger partial charge in [0.05, 0.1) is 11.3 Å². The number of aliphatic imine (C=N–C) groups is 1. The van der Waals surface area contributed by atoms with E-state index in [0.717, 1.165) is 36.3 Å². The summed E-state index contributed by atoms with van der Waals surface area (Å²) in [5.74, 6) is 0.685. The van der Waals surface area contributed by atoms with Gasteiger partial charge in [0.25, 0.3) is 5.56 Å². The molecular formula is C21H29N7O. The van der Waals surface area contributed by atoms with E-state index in [9.17, 15) is 4.79 Å². The summed E-state index contributed by atoms with van der Waals surface area (Å²) in [6.45, 7) is 8.48. The number of fused-ring (bicyclic) bond motifs is 1.